The highest BCUT2D eigenvalue weighted by molar-refractivity contribution is 7.09. The van der Waals surface area contributed by atoms with Crippen LogP contribution in [0.3, 0.4) is 0 Å². The van der Waals surface area contributed by atoms with E-state index in [4.69, 9.17) is 0 Å². The Morgan fingerprint density at radius 2 is 2.15 bits per heavy atom. The molecule has 2 heterocycles. The van der Waals surface area contributed by atoms with Gasteiger partial charge in [-0.3, -0.25) is 4.90 Å². The summed E-state index contributed by atoms with van der Waals surface area (Å²) in [6.45, 7) is 10.4. The number of hydrogen-bond acceptors (Lipinski definition) is 4. The minimum Gasteiger partial charge on any atom is -0.308 e. The largest absolute Gasteiger partial charge is 0.308 e. The van der Waals surface area contributed by atoms with Crippen LogP contribution in [0.2, 0.25) is 0 Å². The van der Waals surface area contributed by atoms with Crippen LogP contribution in [0.25, 0.3) is 0 Å². The van der Waals surface area contributed by atoms with E-state index in [9.17, 15) is 0 Å². The zero-order valence-corrected chi connectivity index (χ0v) is 13.8. The second kappa shape index (κ2) is 5.39. The Kier molecular flexibility index (Phi) is 3.91. The highest BCUT2D eigenvalue weighted by Gasteiger charge is 2.51. The van der Waals surface area contributed by atoms with Crippen LogP contribution in [0, 0.1) is 5.92 Å². The van der Waals surface area contributed by atoms with E-state index in [0.29, 0.717) is 11.1 Å². The molecule has 20 heavy (non-hydrogen) atoms. The molecule has 1 N–H and O–H groups in total. The van der Waals surface area contributed by atoms with Gasteiger partial charge in [0.05, 0.1) is 6.54 Å². The summed E-state index contributed by atoms with van der Waals surface area (Å²) in [6.07, 6.45) is 7.15. The predicted molar refractivity (Wildman–Crippen MR) is 85.0 cm³/mol. The summed E-state index contributed by atoms with van der Waals surface area (Å²) in [6, 6.07) is 0. The van der Waals surface area contributed by atoms with Crippen molar-refractivity contribution in [2.24, 2.45) is 5.92 Å². The van der Waals surface area contributed by atoms with E-state index in [1.54, 1.807) is 11.3 Å². The molecule has 1 saturated heterocycles. The molecule has 1 aromatic rings. The van der Waals surface area contributed by atoms with Gasteiger partial charge in [0, 0.05) is 35.7 Å². The highest BCUT2D eigenvalue weighted by Crippen LogP contribution is 2.46. The maximum Gasteiger partial charge on any atom is 0.107 e. The maximum atomic E-state index is 4.51. The first-order valence-electron chi connectivity index (χ1n) is 8.00. The number of nitrogens with one attached hydrogen (secondary N) is 1. The Balaban J connectivity index is 1.82. The summed E-state index contributed by atoms with van der Waals surface area (Å²) in [5.41, 5.74) is 0.616. The van der Waals surface area contributed by atoms with Gasteiger partial charge in [-0.05, 0) is 38.5 Å². The van der Waals surface area contributed by atoms with Crippen molar-refractivity contribution in [3.63, 3.8) is 0 Å². The standard InChI is InChI=1S/C16H27N3S/c1-4-16(5-2)12-19(10-14-17-8-9-20-14)15(3,11-18-16)13-6-7-13/h8-9,13,18H,4-7,10-12H2,1-3H3. The summed E-state index contributed by atoms with van der Waals surface area (Å²) in [5, 5.41) is 7.25. The topological polar surface area (TPSA) is 28.2 Å². The molecule has 0 aromatic carbocycles. The Morgan fingerprint density at radius 1 is 1.40 bits per heavy atom. The smallest absolute Gasteiger partial charge is 0.107 e. The molecule has 0 radical (unpaired) electrons. The van der Waals surface area contributed by atoms with Gasteiger partial charge in [0.25, 0.3) is 0 Å². The summed E-state index contributed by atoms with van der Waals surface area (Å²) in [7, 11) is 0. The van der Waals surface area contributed by atoms with Crippen molar-refractivity contribution in [1.82, 2.24) is 15.2 Å². The first-order chi connectivity index (χ1) is 9.62. The number of piperazine rings is 1. The summed E-state index contributed by atoms with van der Waals surface area (Å²) in [4.78, 5) is 7.24. The fourth-order valence-corrected chi connectivity index (χ4v) is 4.27. The van der Waals surface area contributed by atoms with Gasteiger partial charge >= 0.3 is 0 Å². The van der Waals surface area contributed by atoms with Gasteiger partial charge in [-0.2, -0.15) is 0 Å². The minimum atomic E-state index is 0.297. The van der Waals surface area contributed by atoms with E-state index < -0.39 is 0 Å². The molecule has 1 atom stereocenters. The van der Waals surface area contributed by atoms with Crippen LogP contribution in [0.1, 0.15) is 51.5 Å². The minimum absolute atomic E-state index is 0.297. The second-order valence-electron chi connectivity index (χ2n) is 6.75. The van der Waals surface area contributed by atoms with Gasteiger partial charge in [-0.1, -0.05) is 13.8 Å². The highest BCUT2D eigenvalue weighted by atomic mass is 32.1. The Morgan fingerprint density at radius 3 is 2.70 bits per heavy atom. The first kappa shape index (κ1) is 14.5. The number of nitrogens with zero attached hydrogens (tertiary/aromatic N) is 2. The summed E-state index contributed by atoms with van der Waals surface area (Å²) in [5.74, 6) is 0.877. The fraction of sp³-hybridized carbons (Fsp3) is 0.812. The van der Waals surface area contributed by atoms with Gasteiger partial charge in [-0.15, -0.1) is 11.3 Å². The van der Waals surface area contributed by atoms with E-state index in [2.05, 4.69) is 41.4 Å². The average Bonchev–Trinajstić information content (AvgIpc) is 3.21. The monoisotopic (exact) mass is 293 g/mol. The average molecular weight is 293 g/mol. The van der Waals surface area contributed by atoms with Gasteiger partial charge in [0.15, 0.2) is 0 Å². The Labute approximate surface area is 126 Å². The van der Waals surface area contributed by atoms with Crippen LogP contribution in [-0.2, 0) is 6.54 Å². The zero-order valence-electron chi connectivity index (χ0n) is 13.0. The van der Waals surface area contributed by atoms with E-state index in [1.165, 1.54) is 30.7 Å². The Hall–Kier alpha value is -0.450. The molecule has 2 aliphatic rings. The molecule has 0 amide bonds. The lowest BCUT2D eigenvalue weighted by Crippen LogP contribution is -2.69. The lowest BCUT2D eigenvalue weighted by Gasteiger charge is -2.53. The lowest BCUT2D eigenvalue weighted by molar-refractivity contribution is -0.00847. The predicted octanol–water partition coefficient (Wildman–Crippen LogP) is 3.28. The third kappa shape index (κ3) is 2.53. The molecular formula is C16H27N3S. The van der Waals surface area contributed by atoms with Crippen LogP contribution >= 0.6 is 11.3 Å². The Bertz CT molecular complexity index is 437. The lowest BCUT2D eigenvalue weighted by atomic mass is 9.82. The summed E-state index contributed by atoms with van der Waals surface area (Å²) < 4.78 is 0. The van der Waals surface area contributed by atoms with Crippen LogP contribution < -0.4 is 5.32 Å². The number of hydrogen-bond donors (Lipinski definition) is 1. The molecule has 112 valence electrons. The molecule has 3 nitrogen and oxygen atoms in total. The molecule has 1 unspecified atom stereocenters. The SMILES string of the molecule is CCC1(CC)CN(Cc2nccs2)C(C)(C2CC2)CN1. The molecular weight excluding hydrogens is 266 g/mol. The van der Waals surface area contributed by atoms with Crippen LogP contribution in [0.4, 0.5) is 0 Å². The quantitative estimate of drug-likeness (QED) is 0.903. The first-order valence-corrected chi connectivity index (χ1v) is 8.88. The van der Waals surface area contributed by atoms with Crippen molar-refractivity contribution >= 4 is 11.3 Å². The number of rotatable bonds is 5. The number of thiazole rings is 1. The maximum absolute atomic E-state index is 4.51. The van der Waals surface area contributed by atoms with E-state index in [-0.39, 0.29) is 0 Å². The van der Waals surface area contributed by atoms with E-state index in [0.717, 1.165) is 25.6 Å². The number of aromatic nitrogens is 1. The van der Waals surface area contributed by atoms with E-state index in [1.807, 2.05) is 6.20 Å². The second-order valence-corrected chi connectivity index (χ2v) is 7.73. The third-order valence-electron chi connectivity index (χ3n) is 5.66. The van der Waals surface area contributed by atoms with Crippen molar-refractivity contribution in [2.45, 2.75) is 64.1 Å². The molecule has 1 saturated carbocycles. The van der Waals surface area contributed by atoms with Crippen molar-refractivity contribution in [3.8, 4) is 0 Å². The molecule has 2 fully saturated rings. The molecule has 0 bridgehead atoms. The zero-order chi connectivity index (χ0) is 14.2. The molecule has 4 heteroatoms. The van der Waals surface area contributed by atoms with Gasteiger partial charge in [0.2, 0.25) is 0 Å². The molecule has 1 aromatic heterocycles. The van der Waals surface area contributed by atoms with Crippen LogP contribution in [0.5, 0.6) is 0 Å². The fourth-order valence-electron chi connectivity index (χ4n) is 3.64. The van der Waals surface area contributed by atoms with Crippen molar-refractivity contribution < 1.29 is 0 Å². The normalized spacial score (nSPS) is 30.6. The van der Waals surface area contributed by atoms with Gasteiger partial charge in [-0.25, -0.2) is 4.98 Å². The van der Waals surface area contributed by atoms with Crippen LogP contribution in [0.15, 0.2) is 11.6 Å². The molecule has 1 aliphatic heterocycles. The molecule has 0 spiro atoms. The van der Waals surface area contributed by atoms with Crippen molar-refractivity contribution in [2.75, 3.05) is 13.1 Å². The molecule has 3 rings (SSSR count). The third-order valence-corrected chi connectivity index (χ3v) is 6.42. The molecule has 1 aliphatic carbocycles. The van der Waals surface area contributed by atoms with Crippen molar-refractivity contribution in [3.05, 3.63) is 16.6 Å². The van der Waals surface area contributed by atoms with Crippen LogP contribution in [-0.4, -0.2) is 34.1 Å². The van der Waals surface area contributed by atoms with Gasteiger partial charge in [0.1, 0.15) is 5.01 Å². The van der Waals surface area contributed by atoms with Gasteiger partial charge < -0.3 is 5.32 Å². The van der Waals surface area contributed by atoms with Crippen molar-refractivity contribution in [1.29, 1.82) is 0 Å². The van der Waals surface area contributed by atoms with E-state index >= 15 is 0 Å². The summed E-state index contributed by atoms with van der Waals surface area (Å²) >= 11 is 1.79.